The minimum absolute atomic E-state index is 0.207. The van der Waals surface area contributed by atoms with Gasteiger partial charge < -0.3 is 9.64 Å². The number of likely N-dealkylation sites (tertiary alicyclic amines) is 1. The second-order valence-electron chi connectivity index (χ2n) is 7.92. The summed E-state index contributed by atoms with van der Waals surface area (Å²) in [4.78, 5) is 21.8. The Kier molecular flexibility index (Phi) is 6.52. The third-order valence-corrected chi connectivity index (χ3v) is 5.78. The van der Waals surface area contributed by atoms with Crippen LogP contribution in [0.5, 0.6) is 0 Å². The van der Waals surface area contributed by atoms with Gasteiger partial charge in [0, 0.05) is 49.9 Å². The van der Waals surface area contributed by atoms with E-state index in [0.29, 0.717) is 26.2 Å². The molecule has 0 saturated carbocycles. The number of rotatable bonds is 5. The maximum atomic E-state index is 13.1. The van der Waals surface area contributed by atoms with Crippen molar-refractivity contribution in [2.24, 2.45) is 0 Å². The van der Waals surface area contributed by atoms with Crippen LogP contribution in [-0.2, 0) is 16.0 Å². The molecule has 4 rings (SSSR count). The fourth-order valence-electron chi connectivity index (χ4n) is 4.13. The van der Waals surface area contributed by atoms with E-state index in [1.54, 1.807) is 12.1 Å². The van der Waals surface area contributed by atoms with Crippen molar-refractivity contribution in [2.45, 2.75) is 25.2 Å². The van der Waals surface area contributed by atoms with Gasteiger partial charge in [-0.3, -0.25) is 14.7 Å². The number of carbonyl (C=O) groups excluding carboxylic acids is 1. The zero-order chi connectivity index (χ0) is 20.1. The SMILES string of the molecule is O=C(CN1CCOCC1)N1CCCC(c2cccc(Cc3ccc(F)cc3)n2)C1. The van der Waals surface area contributed by atoms with Crippen LogP contribution in [0.25, 0.3) is 0 Å². The largest absolute Gasteiger partial charge is 0.379 e. The molecule has 5 nitrogen and oxygen atoms in total. The number of ether oxygens (including phenoxy) is 1. The van der Waals surface area contributed by atoms with Crippen molar-refractivity contribution in [3.05, 3.63) is 65.2 Å². The molecule has 6 heteroatoms. The summed E-state index contributed by atoms with van der Waals surface area (Å²) >= 11 is 0. The molecule has 0 radical (unpaired) electrons. The Hall–Kier alpha value is -2.31. The van der Waals surface area contributed by atoms with Gasteiger partial charge >= 0.3 is 0 Å². The van der Waals surface area contributed by atoms with Crippen molar-refractivity contribution >= 4 is 5.91 Å². The molecule has 0 N–H and O–H groups in total. The van der Waals surface area contributed by atoms with Gasteiger partial charge in [0.2, 0.25) is 5.91 Å². The third-order valence-electron chi connectivity index (χ3n) is 5.78. The molecule has 2 aliphatic heterocycles. The lowest BCUT2D eigenvalue weighted by Crippen LogP contribution is -2.47. The number of aromatic nitrogens is 1. The van der Waals surface area contributed by atoms with Crippen LogP contribution in [0.4, 0.5) is 4.39 Å². The summed E-state index contributed by atoms with van der Waals surface area (Å²) in [5.74, 6) is 0.254. The molecule has 0 bridgehead atoms. The van der Waals surface area contributed by atoms with Crippen molar-refractivity contribution in [3.63, 3.8) is 0 Å². The number of hydrogen-bond acceptors (Lipinski definition) is 4. The van der Waals surface area contributed by atoms with Crippen LogP contribution >= 0.6 is 0 Å². The van der Waals surface area contributed by atoms with Crippen molar-refractivity contribution in [1.29, 1.82) is 0 Å². The highest BCUT2D eigenvalue weighted by Gasteiger charge is 2.27. The van der Waals surface area contributed by atoms with Crippen LogP contribution in [0.2, 0.25) is 0 Å². The third kappa shape index (κ3) is 5.40. The number of carbonyl (C=O) groups is 1. The van der Waals surface area contributed by atoms with Crippen molar-refractivity contribution in [1.82, 2.24) is 14.8 Å². The highest BCUT2D eigenvalue weighted by Crippen LogP contribution is 2.26. The Morgan fingerprint density at radius 3 is 2.69 bits per heavy atom. The van der Waals surface area contributed by atoms with E-state index in [9.17, 15) is 9.18 Å². The summed E-state index contributed by atoms with van der Waals surface area (Å²) in [6.45, 7) is 5.12. The van der Waals surface area contributed by atoms with Gasteiger partial charge in [-0.05, 0) is 42.7 Å². The summed E-state index contributed by atoms with van der Waals surface area (Å²) < 4.78 is 18.5. The van der Waals surface area contributed by atoms with Crippen LogP contribution in [-0.4, -0.2) is 66.6 Å². The molecule has 154 valence electrons. The van der Waals surface area contributed by atoms with Gasteiger partial charge in [-0.1, -0.05) is 18.2 Å². The number of halogens is 1. The van der Waals surface area contributed by atoms with Crippen molar-refractivity contribution in [2.75, 3.05) is 45.9 Å². The zero-order valence-corrected chi connectivity index (χ0v) is 16.7. The topological polar surface area (TPSA) is 45.7 Å². The zero-order valence-electron chi connectivity index (χ0n) is 16.7. The van der Waals surface area contributed by atoms with E-state index in [-0.39, 0.29) is 17.6 Å². The molecule has 2 aromatic rings. The van der Waals surface area contributed by atoms with Gasteiger partial charge in [0.15, 0.2) is 0 Å². The normalized spacial score (nSPS) is 20.6. The minimum atomic E-state index is -0.223. The summed E-state index contributed by atoms with van der Waals surface area (Å²) in [6, 6.07) is 12.7. The minimum Gasteiger partial charge on any atom is -0.379 e. The van der Waals surface area contributed by atoms with Gasteiger partial charge in [0.05, 0.1) is 19.8 Å². The first kappa shape index (κ1) is 20.0. The smallest absolute Gasteiger partial charge is 0.236 e. The molecule has 1 amide bonds. The first-order valence-corrected chi connectivity index (χ1v) is 10.5. The lowest BCUT2D eigenvalue weighted by molar-refractivity contribution is -0.134. The second kappa shape index (κ2) is 9.46. The Balaban J connectivity index is 1.38. The number of piperidine rings is 1. The summed E-state index contributed by atoms with van der Waals surface area (Å²) in [5, 5.41) is 0. The maximum Gasteiger partial charge on any atom is 0.236 e. The first-order valence-electron chi connectivity index (χ1n) is 10.5. The van der Waals surface area contributed by atoms with Gasteiger partial charge in [-0.25, -0.2) is 4.39 Å². The predicted molar refractivity (Wildman–Crippen MR) is 109 cm³/mol. The standard InChI is InChI=1S/C23H28FN3O2/c24-20-8-6-18(7-9-20)15-21-4-1-5-22(25-21)19-3-2-10-27(16-19)23(28)17-26-11-13-29-14-12-26/h1,4-9,19H,2-3,10-17H2. The predicted octanol–water partition coefficient (Wildman–Crippen LogP) is 2.85. The number of hydrogen-bond donors (Lipinski definition) is 0. The Labute approximate surface area is 171 Å². The molecule has 0 spiro atoms. The molecule has 2 saturated heterocycles. The van der Waals surface area contributed by atoms with E-state index >= 15 is 0 Å². The number of morpholine rings is 1. The number of amides is 1. The lowest BCUT2D eigenvalue weighted by Gasteiger charge is -2.35. The van der Waals surface area contributed by atoms with Gasteiger partial charge in [0.1, 0.15) is 5.82 Å². The van der Waals surface area contributed by atoms with Gasteiger partial charge in [-0.15, -0.1) is 0 Å². The van der Waals surface area contributed by atoms with E-state index in [0.717, 1.165) is 56.0 Å². The monoisotopic (exact) mass is 397 g/mol. The molecule has 1 aromatic heterocycles. The van der Waals surface area contributed by atoms with Gasteiger partial charge in [0.25, 0.3) is 0 Å². The quantitative estimate of drug-likeness (QED) is 0.778. The van der Waals surface area contributed by atoms with E-state index in [1.807, 2.05) is 17.0 Å². The van der Waals surface area contributed by atoms with Crippen molar-refractivity contribution < 1.29 is 13.9 Å². The maximum absolute atomic E-state index is 13.1. The molecule has 2 aliphatic rings. The van der Waals surface area contributed by atoms with Crippen molar-refractivity contribution in [3.8, 4) is 0 Å². The average Bonchev–Trinajstić information content (AvgIpc) is 2.76. The summed E-state index contributed by atoms with van der Waals surface area (Å²) in [6.07, 6.45) is 2.73. The summed E-state index contributed by atoms with van der Waals surface area (Å²) in [5.41, 5.74) is 3.07. The number of benzene rings is 1. The molecule has 0 aliphatic carbocycles. The van der Waals surface area contributed by atoms with Crippen LogP contribution in [0.3, 0.4) is 0 Å². The fourth-order valence-corrected chi connectivity index (χ4v) is 4.13. The molecule has 2 fully saturated rings. The molecular weight excluding hydrogens is 369 g/mol. The lowest BCUT2D eigenvalue weighted by atomic mass is 9.93. The van der Waals surface area contributed by atoms with E-state index < -0.39 is 0 Å². The van der Waals surface area contributed by atoms with E-state index in [1.165, 1.54) is 12.1 Å². The molecule has 1 unspecified atom stereocenters. The number of pyridine rings is 1. The molecule has 3 heterocycles. The van der Waals surface area contributed by atoms with Crippen LogP contribution in [0.1, 0.15) is 35.7 Å². The second-order valence-corrected chi connectivity index (χ2v) is 7.92. The molecule has 1 aromatic carbocycles. The highest BCUT2D eigenvalue weighted by atomic mass is 19.1. The highest BCUT2D eigenvalue weighted by molar-refractivity contribution is 5.78. The molecular formula is C23H28FN3O2. The Morgan fingerprint density at radius 1 is 1.10 bits per heavy atom. The van der Waals surface area contributed by atoms with E-state index in [4.69, 9.17) is 9.72 Å². The Morgan fingerprint density at radius 2 is 1.90 bits per heavy atom. The van der Waals surface area contributed by atoms with Crippen LogP contribution in [0, 0.1) is 5.82 Å². The fraction of sp³-hybridized carbons (Fsp3) is 0.478. The van der Waals surface area contributed by atoms with Crippen LogP contribution in [0.15, 0.2) is 42.5 Å². The Bertz CT molecular complexity index is 821. The summed E-state index contributed by atoms with van der Waals surface area (Å²) in [7, 11) is 0. The van der Waals surface area contributed by atoms with Gasteiger partial charge in [-0.2, -0.15) is 0 Å². The molecule has 1 atom stereocenters. The van der Waals surface area contributed by atoms with Crippen LogP contribution < -0.4 is 0 Å². The first-order chi connectivity index (χ1) is 14.2. The average molecular weight is 397 g/mol. The van der Waals surface area contributed by atoms with E-state index in [2.05, 4.69) is 11.0 Å². The molecule has 29 heavy (non-hydrogen) atoms. The number of nitrogens with zero attached hydrogens (tertiary/aromatic N) is 3.